The zero-order chi connectivity index (χ0) is 87.0. The predicted molar refractivity (Wildman–Crippen MR) is 549 cm³/mol. The van der Waals surface area contributed by atoms with Crippen LogP contribution < -0.4 is 18.9 Å². The number of fused-ring (bicyclic) bond motifs is 5. The van der Waals surface area contributed by atoms with E-state index in [9.17, 15) is 9.59 Å². The van der Waals surface area contributed by atoms with Gasteiger partial charge in [0.15, 0.2) is 40.1 Å². The summed E-state index contributed by atoms with van der Waals surface area (Å²) in [5.41, 5.74) is 2.99. The highest BCUT2D eigenvalue weighted by Gasteiger charge is 2.37. The molecule has 5 saturated carbocycles. The summed E-state index contributed by atoms with van der Waals surface area (Å²) >= 11 is 0. The van der Waals surface area contributed by atoms with Gasteiger partial charge in [0.05, 0.1) is 43.9 Å². The maximum Gasteiger partial charge on any atom is 0.341 e. The Kier molecular flexibility index (Phi) is 33.7. The van der Waals surface area contributed by atoms with Crippen molar-refractivity contribution < 1.29 is 33.3 Å². The highest BCUT2D eigenvalue weighted by atomic mass is 32.2. The van der Waals surface area contributed by atoms with E-state index in [0.29, 0.717) is 62.8 Å². The molecule has 12 aromatic rings. The number of hydrogen-bond acceptors (Lipinski definition) is 7. The molecule has 0 atom stereocenters. The summed E-state index contributed by atoms with van der Waals surface area (Å²) in [5, 5.41) is 12.6. The largest absolute Gasteiger partial charge is 0.493 e. The summed E-state index contributed by atoms with van der Waals surface area (Å²) in [6, 6.07) is 84.2. The van der Waals surface area contributed by atoms with Crippen molar-refractivity contribution in [2.75, 3.05) is 73.0 Å². The van der Waals surface area contributed by atoms with Crippen molar-refractivity contribution in [1.82, 2.24) is 0 Å². The molecular weight excluding hydrogens is 1670 g/mol. The smallest absolute Gasteiger partial charge is 0.341 e. The molecule has 670 valence electrons. The van der Waals surface area contributed by atoms with Crippen LogP contribution in [0.15, 0.2) is 265 Å². The first-order valence-corrected chi connectivity index (χ1v) is 57.0. The molecule has 4 saturated heterocycles. The highest BCUT2D eigenvalue weighted by Crippen LogP contribution is 2.44. The fraction of sp³-hybridized carbons (Fsp3) is 0.448. The Labute approximate surface area is 779 Å². The maximum atomic E-state index is 12.6. The van der Waals surface area contributed by atoms with E-state index in [-0.39, 0.29) is 33.5 Å². The molecule has 0 aromatic heterocycles. The second-order valence-corrected chi connectivity index (χ2v) is 48.7. The lowest BCUT2D eigenvalue weighted by Gasteiger charge is -2.24. The number of esters is 1. The minimum atomic E-state index is -0.288. The van der Waals surface area contributed by atoms with Crippen LogP contribution in [0, 0.1) is 23.7 Å². The van der Waals surface area contributed by atoms with E-state index in [4.69, 9.17) is 23.7 Å². The van der Waals surface area contributed by atoms with Crippen LogP contribution in [0.5, 0.6) is 23.0 Å². The number of ketones is 1. The standard InChI is InChI=1S/C33H31OS.C23H29O3S.C22H27O2S.C21H27OS.C17H25S/c1-2-8-25(9-3-1)24-34-30-16-20-31(21-17-30)35(32-18-14-26-10-4-6-12-28(26)22-32)33-19-15-27-11-5-7-13-29(27)23-33;1-25-23(24)20-15-21(27-13-7-8-14-27)18-11-5-6-12-19(18)22(20)26-16-17-9-3-2-4-10-17;1-16(23)17-9-10-19-20(15-17)22(25-13-5-6-14-25)12-11-21(19)24-18-7-3-2-4-8-18;1-2-8-17(9-3-1)16-22-20-12-13-21(23-14-6-7-15-23)19-11-5-4-10-18(19)20;1-2-6-15(7-3-1)14-16-8-10-17(11-9-16)18-12-4-5-13-18/h4-7,10-23,25H,1-3,8-9,24H2;5-6,11-12,15,17H,2-4,7-10,13-14,16H2,1H3;9-12,15,18H,2-8,13-14H2,1H3;4-5,10-13,17H,1-3,6-9,14-16H2;8-11,15H,1-7,12-14H2/q5*+1. The lowest BCUT2D eigenvalue weighted by atomic mass is 9.85. The molecule has 5 aliphatic carbocycles. The first kappa shape index (κ1) is 91.9. The Morgan fingerprint density at radius 2 is 0.750 bits per heavy atom. The Morgan fingerprint density at radius 1 is 0.328 bits per heavy atom. The van der Waals surface area contributed by atoms with Gasteiger partial charge in [-0.05, 0) is 289 Å². The van der Waals surface area contributed by atoms with Gasteiger partial charge in [-0.15, -0.1) is 0 Å². The third kappa shape index (κ3) is 24.3. The van der Waals surface area contributed by atoms with Crippen molar-refractivity contribution in [3.63, 3.8) is 0 Å². The van der Waals surface area contributed by atoms with Gasteiger partial charge >= 0.3 is 5.97 Å². The van der Waals surface area contributed by atoms with Crippen molar-refractivity contribution >= 4 is 120 Å². The molecule has 0 N–H and O–H groups in total. The van der Waals surface area contributed by atoms with Crippen LogP contribution in [0.25, 0.3) is 53.9 Å². The SMILES string of the molecule is CC(=O)c1ccc2c(OC3CCCCC3)ccc([S+]3CCCC3)c2c1.COC(=O)c1cc([S+]2CCCC2)c2ccccc2c1OCC1CCCCC1.c1cc([S+]2CCCC2)ccc1CC1CCCCC1.c1ccc2c([S+]3CCCC3)ccc(OCC3CCCCC3)c2c1.c1ccc2cc([S+](c3ccc(OCC4CCCCC4)cc3)c3ccc4ccccc4c3)ccc2c1. The Morgan fingerprint density at radius 3 is 1.27 bits per heavy atom. The molecule has 21 rings (SSSR count). The summed E-state index contributed by atoms with van der Waals surface area (Å²) < 4.78 is 30.3. The van der Waals surface area contributed by atoms with Crippen LogP contribution in [0.3, 0.4) is 0 Å². The van der Waals surface area contributed by atoms with Gasteiger partial charge in [-0.2, -0.15) is 0 Å². The highest BCUT2D eigenvalue weighted by molar-refractivity contribution is 7.98. The number of methoxy groups -OCH3 is 1. The quantitative estimate of drug-likeness (QED) is 0.0380. The molecule has 7 nitrogen and oxygen atoms in total. The fourth-order valence-corrected chi connectivity index (χ4v) is 33.2. The van der Waals surface area contributed by atoms with E-state index in [1.807, 2.05) is 12.1 Å². The molecule has 9 aliphatic rings. The first-order valence-electron chi connectivity index (χ1n) is 49.6. The average molecular weight is 1810 g/mol. The molecule has 0 amide bonds. The number of rotatable bonds is 22. The predicted octanol–water partition coefficient (Wildman–Crippen LogP) is 30.1. The second-order valence-electron chi connectivity index (χ2n) is 37.7. The van der Waals surface area contributed by atoms with Gasteiger partial charge in [-0.25, -0.2) is 4.79 Å². The molecule has 9 fully saturated rings. The van der Waals surface area contributed by atoms with Gasteiger partial charge in [-0.3, -0.25) is 4.79 Å². The number of hydrogen-bond donors (Lipinski definition) is 0. The van der Waals surface area contributed by atoms with Crippen LogP contribution in [0.2, 0.25) is 0 Å². The summed E-state index contributed by atoms with van der Waals surface area (Å²) in [6.45, 7) is 4.09. The minimum Gasteiger partial charge on any atom is -0.493 e. The van der Waals surface area contributed by atoms with E-state index in [0.717, 1.165) is 59.0 Å². The molecule has 4 aliphatic heterocycles. The van der Waals surface area contributed by atoms with Crippen LogP contribution in [-0.2, 0) is 65.6 Å². The number of Topliss-reactive ketones (excluding diaryl/α,β-unsaturated/α-hetero) is 1. The van der Waals surface area contributed by atoms with E-state index in [1.165, 1.54) is 344 Å². The topological polar surface area (TPSA) is 80.3 Å². The second kappa shape index (κ2) is 46.9. The van der Waals surface area contributed by atoms with Gasteiger partial charge in [0, 0.05) is 99.7 Å². The normalized spacial score (nSPS) is 18.5. The fourth-order valence-electron chi connectivity index (χ4n) is 21.2. The van der Waals surface area contributed by atoms with Gasteiger partial charge in [-0.1, -0.05) is 199 Å². The van der Waals surface area contributed by atoms with Crippen LogP contribution in [0.4, 0.5) is 0 Å². The zero-order valence-corrected chi connectivity index (χ0v) is 80.6. The number of carbonyl (C=O) groups excluding carboxylic acids is 2. The summed E-state index contributed by atoms with van der Waals surface area (Å²) in [7, 11) is 2.87. The monoisotopic (exact) mass is 1800 g/mol. The first-order chi connectivity index (χ1) is 63.2. The van der Waals surface area contributed by atoms with Crippen LogP contribution >= 0.6 is 0 Å². The maximum absolute atomic E-state index is 12.6. The molecule has 128 heavy (non-hydrogen) atoms. The van der Waals surface area contributed by atoms with Crippen molar-refractivity contribution in [3.8, 4) is 23.0 Å². The Bertz CT molecular complexity index is 5480. The van der Waals surface area contributed by atoms with Gasteiger partial charge in [0.2, 0.25) is 0 Å². The lowest BCUT2D eigenvalue weighted by molar-refractivity contribution is 0.0594. The summed E-state index contributed by atoms with van der Waals surface area (Å²) in [4.78, 5) is 34.4. The number of carbonyl (C=O) groups is 2. The zero-order valence-electron chi connectivity index (χ0n) is 76.5. The van der Waals surface area contributed by atoms with Gasteiger partial charge < -0.3 is 23.7 Å². The third-order valence-electron chi connectivity index (χ3n) is 28.5. The van der Waals surface area contributed by atoms with Crippen molar-refractivity contribution in [2.24, 2.45) is 23.7 Å². The lowest BCUT2D eigenvalue weighted by Crippen LogP contribution is -2.19. The molecule has 12 aromatic carbocycles. The third-order valence-corrected chi connectivity index (χ3v) is 40.8. The number of ether oxygens (including phenoxy) is 5. The molecule has 0 unspecified atom stereocenters. The molecular formula is C116H139O7S5+5. The van der Waals surface area contributed by atoms with Crippen LogP contribution in [-0.4, -0.2) is 90.8 Å². The summed E-state index contributed by atoms with van der Waals surface area (Å²) in [6.07, 6.45) is 46.1. The van der Waals surface area contributed by atoms with E-state index >= 15 is 0 Å². The Hall–Kier alpha value is -7.97. The van der Waals surface area contributed by atoms with Crippen molar-refractivity contribution in [2.45, 2.75) is 266 Å². The van der Waals surface area contributed by atoms with Gasteiger partial charge in [0.25, 0.3) is 0 Å². The Balaban J connectivity index is 0.000000114. The van der Waals surface area contributed by atoms with Crippen molar-refractivity contribution in [1.29, 1.82) is 0 Å². The molecule has 4 heterocycles. The molecule has 0 spiro atoms. The van der Waals surface area contributed by atoms with Crippen LogP contribution in [0.1, 0.15) is 245 Å². The van der Waals surface area contributed by atoms with Crippen molar-refractivity contribution in [3.05, 3.63) is 247 Å². The molecule has 0 bridgehead atoms. The number of benzene rings is 12. The minimum absolute atomic E-state index is 0.140. The van der Waals surface area contributed by atoms with Gasteiger partial charge in [0.1, 0.15) is 74.6 Å². The average Bonchev–Trinajstić information content (AvgIpc) is 1.32. The summed E-state index contributed by atoms with van der Waals surface area (Å²) in [5.74, 6) is 17.4. The molecule has 12 heteroatoms. The van der Waals surface area contributed by atoms with E-state index < -0.39 is 0 Å². The molecule has 0 radical (unpaired) electrons. The van der Waals surface area contributed by atoms with E-state index in [1.54, 1.807) is 22.3 Å². The van der Waals surface area contributed by atoms with E-state index in [2.05, 4.69) is 218 Å².